The van der Waals surface area contributed by atoms with Crippen molar-refractivity contribution in [1.29, 1.82) is 0 Å². The molecule has 6 N–H and O–H groups in total. The van der Waals surface area contributed by atoms with Gasteiger partial charge in [-0.3, -0.25) is 0 Å². The van der Waals surface area contributed by atoms with Crippen LogP contribution in [0.4, 0.5) is 0 Å². The van der Waals surface area contributed by atoms with Crippen molar-refractivity contribution in [2.24, 2.45) is 17.2 Å². The van der Waals surface area contributed by atoms with E-state index in [2.05, 4.69) is 0 Å². The van der Waals surface area contributed by atoms with E-state index >= 15 is 0 Å². The summed E-state index contributed by atoms with van der Waals surface area (Å²) in [6, 6.07) is 0. The monoisotopic (exact) mass is 177 g/mol. The van der Waals surface area contributed by atoms with Crippen molar-refractivity contribution in [2.45, 2.75) is 11.8 Å². The van der Waals surface area contributed by atoms with Crippen LogP contribution in [-0.2, 0) is 0 Å². The van der Waals surface area contributed by atoms with Gasteiger partial charge in [-0.05, 0) is 13.0 Å². The van der Waals surface area contributed by atoms with E-state index in [9.17, 15) is 0 Å². The highest BCUT2D eigenvalue weighted by molar-refractivity contribution is 8.78. The van der Waals surface area contributed by atoms with Gasteiger partial charge in [-0.25, -0.2) is 0 Å². The van der Waals surface area contributed by atoms with Crippen LogP contribution in [0.1, 0.15) is 6.42 Å². The van der Waals surface area contributed by atoms with Gasteiger partial charge in [-0.2, -0.15) is 0 Å². The van der Waals surface area contributed by atoms with Crippen LogP contribution < -0.4 is 17.2 Å². The molecule has 1 unspecified atom stereocenters. The van der Waals surface area contributed by atoms with Gasteiger partial charge in [0.1, 0.15) is 5.37 Å². The van der Waals surface area contributed by atoms with Gasteiger partial charge in [0.05, 0.1) is 0 Å². The van der Waals surface area contributed by atoms with Crippen molar-refractivity contribution in [1.82, 2.24) is 0 Å². The molecule has 0 saturated heterocycles. The molecule has 0 aromatic carbocycles. The fourth-order valence-corrected chi connectivity index (χ4v) is 3.16. The van der Waals surface area contributed by atoms with Crippen LogP contribution in [0.3, 0.4) is 0 Å². The van der Waals surface area contributed by atoms with Gasteiger partial charge in [-0.15, -0.1) is 0 Å². The molecular formula is C5H11N3S2. The minimum atomic E-state index is -0.0217. The molecule has 0 spiro atoms. The van der Waals surface area contributed by atoms with E-state index in [1.807, 2.05) is 0 Å². The quantitative estimate of drug-likeness (QED) is 0.525. The lowest BCUT2D eigenvalue weighted by Gasteiger charge is -2.00. The van der Waals surface area contributed by atoms with Crippen molar-refractivity contribution in [3.8, 4) is 0 Å². The molecule has 3 nitrogen and oxygen atoms in total. The lowest BCUT2D eigenvalue weighted by Crippen LogP contribution is -2.21. The minimum Gasteiger partial charge on any atom is -0.399 e. The van der Waals surface area contributed by atoms with Gasteiger partial charge in [-0.1, -0.05) is 21.6 Å². The summed E-state index contributed by atoms with van der Waals surface area (Å²) in [5, 5.41) is -0.0217. The van der Waals surface area contributed by atoms with E-state index in [1.54, 1.807) is 21.6 Å². The Morgan fingerprint density at radius 3 is 2.60 bits per heavy atom. The molecular weight excluding hydrogens is 166 g/mol. The lowest BCUT2D eigenvalue weighted by molar-refractivity contribution is 0.951. The van der Waals surface area contributed by atoms with Gasteiger partial charge in [0.15, 0.2) is 0 Å². The summed E-state index contributed by atoms with van der Waals surface area (Å²) in [5.74, 6) is 0. The summed E-state index contributed by atoms with van der Waals surface area (Å²) >= 11 is 0. The predicted molar refractivity (Wildman–Crippen MR) is 48.0 cm³/mol. The molecule has 5 heteroatoms. The Labute approximate surface area is 68.2 Å². The molecule has 0 bridgehead atoms. The summed E-state index contributed by atoms with van der Waals surface area (Å²) in [6.07, 6.45) is 0.858. The number of hydrogen-bond acceptors (Lipinski definition) is 5. The third-order valence-electron chi connectivity index (χ3n) is 1.25. The fourth-order valence-electron chi connectivity index (χ4n) is 0.686. The Morgan fingerprint density at radius 1 is 1.50 bits per heavy atom. The van der Waals surface area contributed by atoms with Crippen molar-refractivity contribution < 1.29 is 0 Å². The molecule has 1 rings (SSSR count). The first-order valence-electron chi connectivity index (χ1n) is 3.03. The number of hydrogen-bond donors (Lipinski definition) is 3. The average Bonchev–Trinajstić information content (AvgIpc) is 2.20. The normalized spacial score (nSPS) is 26.0. The smallest absolute Gasteiger partial charge is 0.102 e. The molecule has 0 radical (unpaired) electrons. The second-order valence-electron chi connectivity index (χ2n) is 2.02. The van der Waals surface area contributed by atoms with Crippen LogP contribution in [0.25, 0.3) is 0 Å². The fraction of sp³-hybridized carbons (Fsp3) is 0.600. The summed E-state index contributed by atoms with van der Waals surface area (Å²) in [7, 11) is 3.24. The van der Waals surface area contributed by atoms with Crippen LogP contribution in [-0.4, -0.2) is 11.9 Å². The summed E-state index contributed by atoms with van der Waals surface area (Å²) in [5.41, 5.74) is 17.5. The zero-order valence-electron chi connectivity index (χ0n) is 5.54. The molecule has 58 valence electrons. The molecule has 0 aromatic rings. The van der Waals surface area contributed by atoms with E-state index in [0.717, 1.165) is 17.0 Å². The van der Waals surface area contributed by atoms with E-state index in [0.29, 0.717) is 6.54 Å². The van der Waals surface area contributed by atoms with Gasteiger partial charge in [0, 0.05) is 10.6 Å². The third kappa shape index (κ3) is 1.60. The summed E-state index contributed by atoms with van der Waals surface area (Å²) < 4.78 is 0. The van der Waals surface area contributed by atoms with Crippen molar-refractivity contribution in [3.63, 3.8) is 0 Å². The largest absolute Gasteiger partial charge is 0.399 e. The topological polar surface area (TPSA) is 78.1 Å². The maximum atomic E-state index is 5.67. The zero-order valence-corrected chi connectivity index (χ0v) is 7.17. The Morgan fingerprint density at radius 2 is 2.20 bits per heavy atom. The van der Waals surface area contributed by atoms with Crippen LogP contribution in [0, 0.1) is 0 Å². The first-order valence-corrected chi connectivity index (χ1v) is 5.24. The highest BCUT2D eigenvalue weighted by atomic mass is 33.1. The molecule has 1 aliphatic rings. The Bertz CT molecular complexity index is 157. The second kappa shape index (κ2) is 3.52. The molecule has 1 aliphatic heterocycles. The van der Waals surface area contributed by atoms with Crippen LogP contribution in [0.5, 0.6) is 0 Å². The Hall–Kier alpha value is 0.160. The molecule has 0 amide bonds. The van der Waals surface area contributed by atoms with Crippen LogP contribution >= 0.6 is 21.6 Å². The van der Waals surface area contributed by atoms with Gasteiger partial charge >= 0.3 is 0 Å². The zero-order chi connectivity index (χ0) is 7.56. The molecule has 0 aromatic heterocycles. The molecule has 1 atom stereocenters. The first-order chi connectivity index (χ1) is 4.75. The summed E-state index contributed by atoms with van der Waals surface area (Å²) in [6.45, 7) is 0.649. The molecule has 0 fully saturated rings. The average molecular weight is 177 g/mol. The van der Waals surface area contributed by atoms with Crippen molar-refractivity contribution >= 4 is 21.6 Å². The maximum absolute atomic E-state index is 5.67. The predicted octanol–water partition coefficient (Wildman–Crippen LogP) is 0.185. The van der Waals surface area contributed by atoms with Crippen LogP contribution in [0.2, 0.25) is 0 Å². The Balaban J connectivity index is 2.56. The highest BCUT2D eigenvalue weighted by Gasteiger charge is 2.20. The lowest BCUT2D eigenvalue weighted by atomic mass is 10.3. The number of nitrogens with two attached hydrogens (primary N) is 3. The second-order valence-corrected chi connectivity index (χ2v) is 4.45. The van der Waals surface area contributed by atoms with Crippen LogP contribution in [0.15, 0.2) is 10.6 Å². The maximum Gasteiger partial charge on any atom is 0.102 e. The van der Waals surface area contributed by atoms with E-state index < -0.39 is 0 Å². The standard InChI is InChI=1S/C5H11N3S2/c6-2-1-3-4(7)5(8)10-9-3/h5H,1-2,6-8H2. The van der Waals surface area contributed by atoms with E-state index in [-0.39, 0.29) is 5.37 Å². The van der Waals surface area contributed by atoms with Gasteiger partial charge < -0.3 is 17.2 Å². The molecule has 10 heavy (non-hydrogen) atoms. The van der Waals surface area contributed by atoms with E-state index in [4.69, 9.17) is 17.2 Å². The number of rotatable bonds is 2. The summed E-state index contributed by atoms with van der Waals surface area (Å²) in [4.78, 5) is 1.15. The minimum absolute atomic E-state index is 0.0217. The SMILES string of the molecule is NCCC1=C(N)C(N)SS1. The molecule has 0 saturated carbocycles. The third-order valence-corrected chi connectivity index (χ3v) is 3.97. The van der Waals surface area contributed by atoms with E-state index in [1.165, 1.54) is 0 Å². The molecule has 1 heterocycles. The van der Waals surface area contributed by atoms with Crippen molar-refractivity contribution in [3.05, 3.63) is 10.6 Å². The van der Waals surface area contributed by atoms with Gasteiger partial charge in [0.2, 0.25) is 0 Å². The highest BCUT2D eigenvalue weighted by Crippen LogP contribution is 2.43. The Kier molecular flexibility index (Phi) is 2.91. The molecule has 0 aliphatic carbocycles. The van der Waals surface area contributed by atoms with Gasteiger partial charge in [0.25, 0.3) is 0 Å². The van der Waals surface area contributed by atoms with Crippen molar-refractivity contribution in [2.75, 3.05) is 6.54 Å². The first kappa shape index (κ1) is 8.26.